The summed E-state index contributed by atoms with van der Waals surface area (Å²) in [6, 6.07) is 5.13. The minimum atomic E-state index is -0.568. The van der Waals surface area contributed by atoms with Crippen molar-refractivity contribution in [2.75, 3.05) is 7.11 Å². The average Bonchev–Trinajstić information content (AvgIpc) is 3.20. The van der Waals surface area contributed by atoms with Crippen LogP contribution in [-0.4, -0.2) is 23.7 Å². The van der Waals surface area contributed by atoms with Gasteiger partial charge in [0.05, 0.1) is 22.7 Å². The number of benzene rings is 1. The van der Waals surface area contributed by atoms with Gasteiger partial charge in [-0.2, -0.15) is 0 Å². The third kappa shape index (κ3) is 3.89. The second-order valence-electron chi connectivity index (χ2n) is 6.17. The van der Waals surface area contributed by atoms with Crippen molar-refractivity contribution < 1.29 is 19.0 Å². The van der Waals surface area contributed by atoms with Gasteiger partial charge in [0.25, 0.3) is 5.79 Å². The smallest absolute Gasteiger partial charge is 0.251 e. The molecule has 0 bridgehead atoms. The molecule has 2 aromatic rings. The Morgan fingerprint density at radius 3 is 2.23 bits per heavy atom. The predicted molar refractivity (Wildman–Crippen MR) is 99.7 cm³/mol. The van der Waals surface area contributed by atoms with Crippen molar-refractivity contribution in [1.82, 2.24) is 4.98 Å². The fourth-order valence-electron chi connectivity index (χ4n) is 3.08. The Hall–Kier alpha value is -1.98. The highest BCUT2D eigenvalue weighted by Gasteiger charge is 2.46. The van der Waals surface area contributed by atoms with Crippen molar-refractivity contribution in [3.8, 4) is 17.2 Å². The number of carbonyl (C=O) groups is 1. The Balaban J connectivity index is 0.000000206. The third-order valence-electron chi connectivity index (χ3n) is 4.29. The van der Waals surface area contributed by atoms with Gasteiger partial charge in [0.1, 0.15) is 0 Å². The number of nitrogens with zero attached hydrogens (tertiary/aromatic N) is 1. The van der Waals surface area contributed by atoms with Gasteiger partial charge in [-0.05, 0) is 38.0 Å². The highest BCUT2D eigenvalue weighted by atomic mass is 35.5. The summed E-state index contributed by atoms with van der Waals surface area (Å²) in [6.45, 7) is 1.53. The van der Waals surface area contributed by atoms with Crippen LogP contribution in [0.5, 0.6) is 17.2 Å². The number of ketones is 1. The van der Waals surface area contributed by atoms with Crippen molar-refractivity contribution in [2.24, 2.45) is 0 Å². The SMILES string of the molecule is COc1ccc(C(C)=O)c2c1OC1(CCCC1)O2.Clc1cncc(Cl)c1. The lowest BCUT2D eigenvalue weighted by Crippen LogP contribution is -2.34. The summed E-state index contributed by atoms with van der Waals surface area (Å²) in [5, 5.41) is 1.13. The minimum absolute atomic E-state index is 0.0208. The zero-order valence-electron chi connectivity index (χ0n) is 14.6. The van der Waals surface area contributed by atoms with Gasteiger partial charge in [-0.25, -0.2) is 0 Å². The summed E-state index contributed by atoms with van der Waals surface area (Å²) < 4.78 is 17.2. The van der Waals surface area contributed by atoms with Crippen LogP contribution in [0.3, 0.4) is 0 Å². The normalized spacial score (nSPS) is 16.2. The topological polar surface area (TPSA) is 57.7 Å². The van der Waals surface area contributed by atoms with E-state index in [1.165, 1.54) is 19.3 Å². The van der Waals surface area contributed by atoms with E-state index in [9.17, 15) is 4.79 Å². The lowest BCUT2D eigenvalue weighted by Gasteiger charge is -2.21. The summed E-state index contributed by atoms with van der Waals surface area (Å²) >= 11 is 11.0. The zero-order valence-corrected chi connectivity index (χ0v) is 16.1. The number of ether oxygens (including phenoxy) is 3. The van der Waals surface area contributed by atoms with Crippen molar-refractivity contribution >= 4 is 29.0 Å². The van der Waals surface area contributed by atoms with Crippen LogP contribution in [0.1, 0.15) is 43.0 Å². The van der Waals surface area contributed by atoms with E-state index in [1.807, 2.05) is 0 Å². The standard InChI is InChI=1S/C14H16O4.C5H3Cl2N/c1-9(15)10-5-6-11(16-2)13-12(10)17-14(18-13)7-3-4-8-14;6-4-1-5(7)3-8-2-4/h5-6H,3-4,7-8H2,1-2H3;1-3H. The lowest BCUT2D eigenvalue weighted by atomic mass is 10.1. The van der Waals surface area contributed by atoms with E-state index in [4.69, 9.17) is 37.4 Å². The Morgan fingerprint density at radius 2 is 1.73 bits per heavy atom. The molecular weight excluding hydrogens is 377 g/mol. The third-order valence-corrected chi connectivity index (χ3v) is 4.70. The number of carbonyl (C=O) groups excluding carboxylic acids is 1. The largest absolute Gasteiger partial charge is 0.493 e. The van der Waals surface area contributed by atoms with Gasteiger partial charge in [0.15, 0.2) is 17.3 Å². The van der Waals surface area contributed by atoms with E-state index >= 15 is 0 Å². The molecule has 1 spiro atoms. The highest BCUT2D eigenvalue weighted by molar-refractivity contribution is 6.34. The van der Waals surface area contributed by atoms with Crippen LogP contribution in [-0.2, 0) is 0 Å². The first kappa shape index (κ1) is 18.8. The molecule has 5 nitrogen and oxygen atoms in total. The highest BCUT2D eigenvalue weighted by Crippen LogP contribution is 2.52. The van der Waals surface area contributed by atoms with Crippen LogP contribution in [0.2, 0.25) is 10.0 Å². The molecule has 0 unspecified atom stereocenters. The summed E-state index contributed by atoms with van der Waals surface area (Å²) in [6.07, 6.45) is 6.97. The van der Waals surface area contributed by atoms with Gasteiger partial charge in [0.2, 0.25) is 5.75 Å². The van der Waals surface area contributed by atoms with Gasteiger partial charge in [-0.15, -0.1) is 0 Å². The summed E-state index contributed by atoms with van der Waals surface area (Å²) in [7, 11) is 1.59. The first-order chi connectivity index (χ1) is 12.4. The molecule has 2 aliphatic rings. The van der Waals surface area contributed by atoms with Gasteiger partial charge < -0.3 is 14.2 Å². The molecule has 0 N–H and O–H groups in total. The molecule has 0 atom stereocenters. The van der Waals surface area contributed by atoms with Crippen molar-refractivity contribution in [1.29, 1.82) is 0 Å². The van der Waals surface area contributed by atoms with Crippen LogP contribution in [0.25, 0.3) is 0 Å². The number of pyridine rings is 1. The maximum absolute atomic E-state index is 11.6. The Kier molecular flexibility index (Phi) is 5.58. The Labute approximate surface area is 162 Å². The molecule has 26 heavy (non-hydrogen) atoms. The van der Waals surface area contributed by atoms with Crippen LogP contribution in [0.15, 0.2) is 30.6 Å². The first-order valence-electron chi connectivity index (χ1n) is 8.30. The van der Waals surface area contributed by atoms with E-state index < -0.39 is 5.79 Å². The number of methoxy groups -OCH3 is 1. The number of aromatic nitrogens is 1. The number of halogens is 2. The van der Waals surface area contributed by atoms with Crippen LogP contribution < -0.4 is 14.2 Å². The quantitative estimate of drug-likeness (QED) is 0.643. The molecule has 1 aliphatic heterocycles. The monoisotopic (exact) mass is 395 g/mol. The van der Waals surface area contributed by atoms with Gasteiger partial charge >= 0.3 is 0 Å². The maximum atomic E-state index is 11.6. The zero-order chi connectivity index (χ0) is 18.7. The molecule has 2 heterocycles. The fraction of sp³-hybridized carbons (Fsp3) is 0.368. The number of rotatable bonds is 2. The number of hydrogen-bond donors (Lipinski definition) is 0. The van der Waals surface area contributed by atoms with Gasteiger partial charge in [-0.1, -0.05) is 23.2 Å². The van der Waals surface area contributed by atoms with E-state index in [2.05, 4.69) is 4.98 Å². The molecule has 7 heteroatoms. The average molecular weight is 396 g/mol. The number of hydrogen-bond acceptors (Lipinski definition) is 5. The second kappa shape index (κ2) is 7.72. The molecule has 1 saturated carbocycles. The maximum Gasteiger partial charge on any atom is 0.251 e. The minimum Gasteiger partial charge on any atom is -0.493 e. The lowest BCUT2D eigenvalue weighted by molar-refractivity contribution is -0.0724. The molecule has 1 aromatic heterocycles. The van der Waals surface area contributed by atoms with E-state index in [-0.39, 0.29) is 5.78 Å². The Bertz CT molecular complexity index is 802. The molecular formula is C19H19Cl2NO4. The molecule has 0 saturated heterocycles. The summed E-state index contributed by atoms with van der Waals surface area (Å²) in [5.41, 5.74) is 0.564. The van der Waals surface area contributed by atoms with Crippen molar-refractivity contribution in [3.63, 3.8) is 0 Å². The predicted octanol–water partition coefficient (Wildman–Crippen LogP) is 5.33. The summed E-state index contributed by atoms with van der Waals surface area (Å²) in [5.74, 6) is 1.16. The second-order valence-corrected chi connectivity index (χ2v) is 7.05. The Morgan fingerprint density at radius 1 is 1.12 bits per heavy atom. The summed E-state index contributed by atoms with van der Waals surface area (Å²) in [4.78, 5) is 15.4. The van der Waals surface area contributed by atoms with Crippen molar-refractivity contribution in [2.45, 2.75) is 38.4 Å². The molecule has 0 radical (unpaired) electrons. The molecule has 0 amide bonds. The first-order valence-corrected chi connectivity index (χ1v) is 9.06. The van der Waals surface area contributed by atoms with Gasteiger partial charge in [0, 0.05) is 25.2 Å². The van der Waals surface area contributed by atoms with E-state index in [1.54, 1.807) is 25.3 Å². The van der Waals surface area contributed by atoms with E-state index in [0.717, 1.165) is 25.7 Å². The molecule has 1 aromatic carbocycles. The number of fused-ring (bicyclic) bond motifs is 1. The van der Waals surface area contributed by atoms with Crippen molar-refractivity contribution in [3.05, 3.63) is 46.2 Å². The van der Waals surface area contributed by atoms with Crippen LogP contribution >= 0.6 is 23.2 Å². The van der Waals surface area contributed by atoms with E-state index in [0.29, 0.717) is 32.9 Å². The molecule has 138 valence electrons. The van der Waals surface area contributed by atoms with Crippen LogP contribution in [0.4, 0.5) is 0 Å². The number of Topliss-reactive ketones (excluding diaryl/α,β-unsaturated/α-hetero) is 1. The molecule has 1 fully saturated rings. The molecule has 4 rings (SSSR count). The fourth-order valence-corrected chi connectivity index (χ4v) is 3.48. The molecule has 1 aliphatic carbocycles. The van der Waals surface area contributed by atoms with Crippen LogP contribution in [0, 0.1) is 0 Å². The van der Waals surface area contributed by atoms with Gasteiger partial charge in [-0.3, -0.25) is 9.78 Å².